The molecule has 7 nitrogen and oxygen atoms in total. The number of piperidine rings is 1. The number of rotatable bonds is 13. The average molecular weight is 632 g/mol. The molecule has 2 aromatic carbocycles. The number of nitrogens with one attached hydrogen (secondary N) is 1. The predicted molar refractivity (Wildman–Crippen MR) is 168 cm³/mol. The maximum absolute atomic E-state index is 13.1. The highest BCUT2D eigenvalue weighted by atomic mass is 19.4. The fourth-order valence-corrected chi connectivity index (χ4v) is 6.99. The van der Waals surface area contributed by atoms with Gasteiger partial charge in [-0.3, -0.25) is 4.79 Å². The van der Waals surface area contributed by atoms with Crippen LogP contribution in [0.5, 0.6) is 0 Å². The molecule has 2 N–H and O–H groups in total. The van der Waals surface area contributed by atoms with Crippen molar-refractivity contribution in [3.8, 4) is 0 Å². The van der Waals surface area contributed by atoms with Crippen LogP contribution in [0, 0.1) is 11.8 Å². The van der Waals surface area contributed by atoms with Gasteiger partial charge < -0.3 is 25.0 Å². The standard InChI is InChI=1S/C35H48F3N3O4/c1-4-16-41(34(44)45-23-25-10-12-28(13-11-25)35(36,37)38)30-14-17-40(18-15-30)22-27-20-29(39-32(33(42)43)19-24(2)3)21-31(27)26-8-6-5-7-9-26/h5-13,24,27,29-32,39H,4,14-23H2,1-3H3,(H,42,43)/t27?,29?,31?,32-/m1/s1. The molecule has 10 heteroatoms. The van der Waals surface area contributed by atoms with Gasteiger partial charge in [0.15, 0.2) is 0 Å². The summed E-state index contributed by atoms with van der Waals surface area (Å²) in [6.45, 7) is 9.19. The molecule has 2 fully saturated rings. The molecule has 0 aromatic heterocycles. The molecule has 0 bridgehead atoms. The van der Waals surface area contributed by atoms with Crippen LogP contribution in [0.4, 0.5) is 18.0 Å². The maximum Gasteiger partial charge on any atom is 0.416 e. The van der Waals surface area contributed by atoms with E-state index >= 15 is 0 Å². The number of likely N-dealkylation sites (tertiary alicyclic amines) is 1. The summed E-state index contributed by atoms with van der Waals surface area (Å²) in [5, 5.41) is 13.3. The Morgan fingerprint density at radius 1 is 1.04 bits per heavy atom. The largest absolute Gasteiger partial charge is 0.480 e. The Hall–Kier alpha value is -3.11. The summed E-state index contributed by atoms with van der Waals surface area (Å²) in [4.78, 5) is 29.3. The Bertz CT molecular complexity index is 1220. The normalized spacial score (nSPS) is 22.0. The fraction of sp³-hybridized carbons (Fsp3) is 0.600. The van der Waals surface area contributed by atoms with Gasteiger partial charge in [-0.15, -0.1) is 0 Å². The molecule has 2 aromatic rings. The van der Waals surface area contributed by atoms with Gasteiger partial charge >= 0.3 is 18.2 Å². The first-order valence-electron chi connectivity index (χ1n) is 16.3. The van der Waals surface area contributed by atoms with Gasteiger partial charge in [0.1, 0.15) is 12.6 Å². The molecule has 3 unspecified atom stereocenters. The lowest BCUT2D eigenvalue weighted by Crippen LogP contribution is -2.48. The number of carbonyl (C=O) groups is 2. The van der Waals surface area contributed by atoms with E-state index in [0.29, 0.717) is 30.4 Å². The van der Waals surface area contributed by atoms with Crippen molar-refractivity contribution >= 4 is 12.1 Å². The van der Waals surface area contributed by atoms with Crippen molar-refractivity contribution in [1.82, 2.24) is 15.1 Å². The number of ether oxygens (including phenoxy) is 1. The first kappa shape index (κ1) is 34.8. The highest BCUT2D eigenvalue weighted by Crippen LogP contribution is 2.41. The van der Waals surface area contributed by atoms with E-state index in [1.54, 1.807) is 4.90 Å². The van der Waals surface area contributed by atoms with Crippen molar-refractivity contribution < 1.29 is 32.6 Å². The summed E-state index contributed by atoms with van der Waals surface area (Å²) in [5.41, 5.74) is 1.08. The van der Waals surface area contributed by atoms with Crippen LogP contribution < -0.4 is 5.32 Å². The monoisotopic (exact) mass is 631 g/mol. The van der Waals surface area contributed by atoms with E-state index in [1.807, 2.05) is 26.8 Å². The molecule has 1 saturated carbocycles. The van der Waals surface area contributed by atoms with Crippen molar-refractivity contribution in [3.63, 3.8) is 0 Å². The molecule has 1 aliphatic heterocycles. The zero-order valence-corrected chi connectivity index (χ0v) is 26.6. The van der Waals surface area contributed by atoms with Crippen LogP contribution in [-0.2, 0) is 22.3 Å². The number of carboxylic acid groups (broad SMARTS) is 1. The first-order valence-corrected chi connectivity index (χ1v) is 16.3. The molecule has 1 amide bonds. The number of amides is 1. The van der Waals surface area contributed by atoms with Crippen LogP contribution in [-0.4, -0.2) is 71.3 Å². The van der Waals surface area contributed by atoms with Gasteiger partial charge in [0.05, 0.1) is 5.56 Å². The lowest BCUT2D eigenvalue weighted by Gasteiger charge is -2.39. The molecular formula is C35H48F3N3O4. The lowest BCUT2D eigenvalue weighted by atomic mass is 9.88. The van der Waals surface area contributed by atoms with Crippen LogP contribution in [0.1, 0.15) is 81.9 Å². The lowest BCUT2D eigenvalue weighted by molar-refractivity contribution is -0.140. The minimum atomic E-state index is -4.41. The summed E-state index contributed by atoms with van der Waals surface area (Å²) >= 11 is 0. The minimum Gasteiger partial charge on any atom is -0.480 e. The molecule has 1 saturated heterocycles. The zero-order chi connectivity index (χ0) is 32.6. The highest BCUT2D eigenvalue weighted by molar-refractivity contribution is 5.73. The third-order valence-electron chi connectivity index (χ3n) is 9.20. The van der Waals surface area contributed by atoms with Crippen molar-refractivity contribution in [3.05, 3.63) is 71.3 Å². The number of hydrogen-bond donors (Lipinski definition) is 2. The minimum absolute atomic E-state index is 0.0385. The smallest absolute Gasteiger partial charge is 0.416 e. The Morgan fingerprint density at radius 3 is 2.29 bits per heavy atom. The Morgan fingerprint density at radius 2 is 1.71 bits per heavy atom. The SMILES string of the molecule is CCCN(C(=O)OCc1ccc(C(F)(F)F)cc1)C1CCN(CC2CC(N[C@H](CC(C)C)C(=O)O)CC2c2ccccc2)CC1. The summed E-state index contributed by atoms with van der Waals surface area (Å²) in [5.74, 6) is 0.221. The molecule has 45 heavy (non-hydrogen) atoms. The van der Waals surface area contributed by atoms with Crippen molar-refractivity contribution in [2.45, 2.75) is 96.1 Å². The third kappa shape index (κ3) is 9.94. The van der Waals surface area contributed by atoms with Crippen LogP contribution in [0.25, 0.3) is 0 Å². The maximum atomic E-state index is 13.1. The van der Waals surface area contributed by atoms with Gasteiger partial charge in [0, 0.05) is 38.3 Å². The molecule has 1 heterocycles. The molecule has 4 rings (SSSR count). The number of nitrogens with zero attached hydrogens (tertiary/aromatic N) is 2. The van der Waals surface area contributed by atoms with Crippen LogP contribution in [0.3, 0.4) is 0 Å². The topological polar surface area (TPSA) is 82.1 Å². The van der Waals surface area contributed by atoms with Gasteiger partial charge in [-0.1, -0.05) is 63.2 Å². The van der Waals surface area contributed by atoms with Crippen molar-refractivity contribution in [2.75, 3.05) is 26.2 Å². The van der Waals surface area contributed by atoms with Gasteiger partial charge in [0.25, 0.3) is 0 Å². The van der Waals surface area contributed by atoms with Gasteiger partial charge in [-0.2, -0.15) is 13.2 Å². The van der Waals surface area contributed by atoms with Crippen LogP contribution >= 0.6 is 0 Å². The second kappa shape index (κ2) is 15.9. The van der Waals surface area contributed by atoms with Crippen LogP contribution in [0.15, 0.2) is 54.6 Å². The molecule has 0 spiro atoms. The highest BCUT2D eigenvalue weighted by Gasteiger charge is 2.39. The van der Waals surface area contributed by atoms with E-state index in [9.17, 15) is 27.9 Å². The number of aliphatic carboxylic acids is 1. The van der Waals surface area contributed by atoms with Crippen molar-refractivity contribution in [1.29, 1.82) is 0 Å². The second-order valence-electron chi connectivity index (χ2n) is 13.1. The van der Waals surface area contributed by atoms with E-state index in [4.69, 9.17) is 4.74 Å². The van der Waals surface area contributed by atoms with E-state index in [-0.39, 0.29) is 24.6 Å². The summed E-state index contributed by atoms with van der Waals surface area (Å²) in [7, 11) is 0. The number of halogens is 3. The number of hydrogen-bond acceptors (Lipinski definition) is 5. The van der Waals surface area contributed by atoms with E-state index in [0.717, 1.165) is 63.9 Å². The van der Waals surface area contributed by atoms with Crippen LogP contribution in [0.2, 0.25) is 0 Å². The molecule has 2 aliphatic rings. The molecule has 0 radical (unpaired) electrons. The average Bonchev–Trinajstić information content (AvgIpc) is 3.40. The number of carboxylic acids is 1. The Balaban J connectivity index is 1.33. The summed E-state index contributed by atoms with van der Waals surface area (Å²) in [6.07, 6.45) is -0.0115. The quantitative estimate of drug-likeness (QED) is 0.244. The molecule has 248 valence electrons. The third-order valence-corrected chi connectivity index (χ3v) is 9.20. The van der Waals surface area contributed by atoms with Gasteiger partial charge in [-0.25, -0.2) is 4.79 Å². The van der Waals surface area contributed by atoms with E-state index in [2.05, 4.69) is 34.5 Å². The molecular weight excluding hydrogens is 583 g/mol. The number of alkyl halides is 3. The molecule has 4 atom stereocenters. The van der Waals surface area contributed by atoms with Gasteiger partial charge in [0.2, 0.25) is 0 Å². The summed E-state index contributed by atoms with van der Waals surface area (Å²) in [6, 6.07) is 14.8. The first-order chi connectivity index (χ1) is 21.4. The second-order valence-corrected chi connectivity index (χ2v) is 13.1. The summed E-state index contributed by atoms with van der Waals surface area (Å²) < 4.78 is 44.2. The van der Waals surface area contributed by atoms with Crippen molar-refractivity contribution in [2.24, 2.45) is 11.8 Å². The Labute approximate surface area is 265 Å². The number of benzene rings is 2. The van der Waals surface area contributed by atoms with E-state index in [1.165, 1.54) is 17.7 Å². The fourth-order valence-electron chi connectivity index (χ4n) is 6.99. The van der Waals surface area contributed by atoms with Gasteiger partial charge in [-0.05, 0) is 79.5 Å². The molecule has 1 aliphatic carbocycles. The predicted octanol–water partition coefficient (Wildman–Crippen LogP) is 7.17. The number of carbonyl (C=O) groups excluding carboxylic acids is 1. The Kier molecular flexibility index (Phi) is 12.3. The van der Waals surface area contributed by atoms with E-state index < -0.39 is 29.8 Å². The zero-order valence-electron chi connectivity index (χ0n) is 26.6.